The van der Waals surface area contributed by atoms with Gasteiger partial charge in [-0.15, -0.1) is 0 Å². The van der Waals surface area contributed by atoms with Gasteiger partial charge in [-0.2, -0.15) is 0 Å². The van der Waals surface area contributed by atoms with Crippen molar-refractivity contribution in [2.45, 2.75) is 26.7 Å². The lowest BCUT2D eigenvalue weighted by atomic mass is 10.1. The molecule has 0 atom stereocenters. The van der Waals surface area contributed by atoms with Crippen molar-refractivity contribution in [2.24, 2.45) is 0 Å². The molecule has 0 saturated carbocycles. The van der Waals surface area contributed by atoms with E-state index in [2.05, 4.69) is 13.0 Å². The monoisotopic (exact) mass is 151 g/mol. The first-order valence-electron chi connectivity index (χ1n) is 4.05. The summed E-state index contributed by atoms with van der Waals surface area (Å²) in [5, 5.41) is 7.45. The van der Waals surface area contributed by atoms with Crippen LogP contribution in [0.5, 0.6) is 5.75 Å². The Balaban J connectivity index is 2.86. The molecule has 11 heavy (non-hydrogen) atoms. The Morgan fingerprint density at radius 1 is 1.36 bits per heavy atom. The van der Waals surface area contributed by atoms with Crippen molar-refractivity contribution >= 4 is 0 Å². The molecule has 0 bridgehead atoms. The van der Waals surface area contributed by atoms with Crippen molar-refractivity contribution in [2.75, 3.05) is 0 Å². The number of hydrogen-bond acceptors (Lipinski definition) is 0. The Morgan fingerprint density at radius 3 is 2.64 bits per heavy atom. The lowest BCUT2D eigenvalue weighted by Gasteiger charge is -1.99. The summed E-state index contributed by atoms with van der Waals surface area (Å²) in [6.07, 6.45) is 2.30. The predicted molar refractivity (Wildman–Crippen MR) is 48.2 cm³/mol. The van der Waals surface area contributed by atoms with Gasteiger partial charge in [0.1, 0.15) is 0 Å². The number of benzene rings is 1. The molecule has 1 nitrogen and oxygen atoms in total. The number of hydrogen-bond donors (Lipinski definition) is 0. The maximum atomic E-state index is 7.45. The first kappa shape index (κ1) is 8.12. The van der Waals surface area contributed by atoms with Crippen LogP contribution in [0.2, 0.25) is 0 Å². The molecular formula is C10H15O+. The van der Waals surface area contributed by atoms with Gasteiger partial charge in [0.15, 0.2) is 0 Å². The zero-order valence-corrected chi connectivity index (χ0v) is 7.15. The Kier molecular flexibility index (Phi) is 2.53. The van der Waals surface area contributed by atoms with Crippen molar-refractivity contribution in [1.82, 2.24) is 0 Å². The smallest absolute Gasteiger partial charge is 0.256 e. The average molecular weight is 151 g/mol. The van der Waals surface area contributed by atoms with Crippen molar-refractivity contribution < 1.29 is 5.11 Å². The molecule has 1 heteroatoms. The zero-order chi connectivity index (χ0) is 8.27. The van der Waals surface area contributed by atoms with E-state index in [-0.39, 0.29) is 0 Å². The minimum Gasteiger partial charge on any atom is -0.593 e. The second-order valence-electron chi connectivity index (χ2n) is 2.90. The lowest BCUT2D eigenvalue weighted by molar-refractivity contribution is 0.471. The van der Waals surface area contributed by atoms with E-state index in [9.17, 15) is 0 Å². The first-order chi connectivity index (χ1) is 5.24. The van der Waals surface area contributed by atoms with Crippen LogP contribution in [0.3, 0.4) is 0 Å². The van der Waals surface area contributed by atoms with Gasteiger partial charge in [0.2, 0.25) is 0 Å². The van der Waals surface area contributed by atoms with Gasteiger partial charge in [-0.1, -0.05) is 13.3 Å². The van der Waals surface area contributed by atoms with Gasteiger partial charge in [0.05, 0.1) is 0 Å². The first-order valence-corrected chi connectivity index (χ1v) is 4.05. The third kappa shape index (κ3) is 1.97. The van der Waals surface area contributed by atoms with E-state index in [4.69, 9.17) is 5.11 Å². The molecule has 60 valence electrons. The molecule has 0 aliphatic carbocycles. The van der Waals surface area contributed by atoms with Crippen molar-refractivity contribution in [3.63, 3.8) is 0 Å². The molecule has 1 aromatic carbocycles. The molecule has 0 aliphatic rings. The minimum absolute atomic E-state index is 0.643. The van der Waals surface area contributed by atoms with Gasteiger partial charge in [0.25, 0.3) is 5.75 Å². The van der Waals surface area contributed by atoms with Gasteiger partial charge < -0.3 is 5.11 Å². The van der Waals surface area contributed by atoms with Crippen LogP contribution >= 0.6 is 0 Å². The molecule has 0 spiro atoms. The van der Waals surface area contributed by atoms with Crippen LogP contribution in [0, 0.1) is 6.92 Å². The molecule has 0 heterocycles. The van der Waals surface area contributed by atoms with E-state index in [0.29, 0.717) is 5.75 Å². The summed E-state index contributed by atoms with van der Waals surface area (Å²) in [6, 6.07) is 6.02. The third-order valence-electron chi connectivity index (χ3n) is 1.83. The second-order valence-corrected chi connectivity index (χ2v) is 2.90. The van der Waals surface area contributed by atoms with Crippen molar-refractivity contribution in [3.05, 3.63) is 29.3 Å². The topological polar surface area (TPSA) is 22.9 Å². The largest absolute Gasteiger partial charge is 0.593 e. The molecule has 0 amide bonds. The molecule has 0 radical (unpaired) electrons. The molecule has 1 aromatic rings. The lowest BCUT2D eigenvalue weighted by Crippen LogP contribution is -1.83. The van der Waals surface area contributed by atoms with Crippen LogP contribution < -0.4 is 0 Å². The summed E-state index contributed by atoms with van der Waals surface area (Å²) in [4.78, 5) is 0. The van der Waals surface area contributed by atoms with Crippen LogP contribution in [-0.2, 0) is 6.42 Å². The Morgan fingerprint density at radius 2 is 2.09 bits per heavy atom. The third-order valence-corrected chi connectivity index (χ3v) is 1.83. The molecular weight excluding hydrogens is 136 g/mol. The normalized spacial score (nSPS) is 10.0. The zero-order valence-electron chi connectivity index (χ0n) is 7.15. The summed E-state index contributed by atoms with van der Waals surface area (Å²) < 4.78 is 0. The predicted octanol–water partition coefficient (Wildman–Crippen LogP) is 2.39. The highest BCUT2D eigenvalue weighted by Gasteiger charge is 1.99. The molecule has 2 N–H and O–H groups in total. The fourth-order valence-electron chi connectivity index (χ4n) is 1.17. The van der Waals surface area contributed by atoms with Crippen LogP contribution in [0.25, 0.3) is 0 Å². The number of rotatable bonds is 2. The number of aryl methyl sites for hydroxylation is 2. The average Bonchev–Trinajstić information content (AvgIpc) is 1.98. The summed E-state index contributed by atoms with van der Waals surface area (Å²) >= 11 is 0. The maximum Gasteiger partial charge on any atom is 0.256 e. The molecule has 1 rings (SSSR count). The summed E-state index contributed by atoms with van der Waals surface area (Å²) in [5.74, 6) is 0.643. The van der Waals surface area contributed by atoms with E-state index >= 15 is 0 Å². The second kappa shape index (κ2) is 3.42. The van der Waals surface area contributed by atoms with Gasteiger partial charge in [-0.05, 0) is 31.0 Å². The fourth-order valence-corrected chi connectivity index (χ4v) is 1.17. The molecule has 0 saturated heterocycles. The van der Waals surface area contributed by atoms with Crippen LogP contribution in [0.15, 0.2) is 18.2 Å². The highest BCUT2D eigenvalue weighted by molar-refractivity contribution is 5.34. The van der Waals surface area contributed by atoms with Crippen molar-refractivity contribution in [3.8, 4) is 5.75 Å². The van der Waals surface area contributed by atoms with E-state index in [0.717, 1.165) is 12.0 Å². The fraction of sp³-hybridized carbons (Fsp3) is 0.400. The standard InChI is InChI=1S/C10H14O/c1-3-4-9-5-6-10(11)8(2)7-9/h5-7,11H,3-4H2,1-2H3/p+1. The van der Waals surface area contributed by atoms with Gasteiger partial charge >= 0.3 is 0 Å². The Hall–Kier alpha value is -0.980. The SMILES string of the molecule is CCCc1ccc([OH2+])c(C)c1. The molecule has 0 aliphatic heterocycles. The highest BCUT2D eigenvalue weighted by atomic mass is 16.3. The van der Waals surface area contributed by atoms with Crippen LogP contribution in [0.1, 0.15) is 24.5 Å². The van der Waals surface area contributed by atoms with E-state index in [1.165, 1.54) is 12.0 Å². The summed E-state index contributed by atoms with van der Waals surface area (Å²) in [7, 11) is 0. The Labute approximate surface area is 67.7 Å². The maximum absolute atomic E-state index is 7.45. The van der Waals surface area contributed by atoms with E-state index in [1.807, 2.05) is 19.1 Å². The highest BCUT2D eigenvalue weighted by Crippen LogP contribution is 2.17. The van der Waals surface area contributed by atoms with Crippen LogP contribution in [-0.4, -0.2) is 5.11 Å². The summed E-state index contributed by atoms with van der Waals surface area (Å²) in [5.41, 5.74) is 2.43. The van der Waals surface area contributed by atoms with E-state index < -0.39 is 0 Å². The quantitative estimate of drug-likeness (QED) is 0.579. The van der Waals surface area contributed by atoms with Crippen molar-refractivity contribution in [1.29, 1.82) is 0 Å². The van der Waals surface area contributed by atoms with Gasteiger partial charge in [-0.25, -0.2) is 0 Å². The van der Waals surface area contributed by atoms with Gasteiger partial charge in [0, 0.05) is 11.6 Å². The minimum atomic E-state index is 0.643. The Bertz CT molecular complexity index is 241. The molecule has 0 fully saturated rings. The molecule has 0 aromatic heterocycles. The summed E-state index contributed by atoms with van der Waals surface area (Å²) in [6.45, 7) is 4.16. The molecule has 0 unspecified atom stereocenters. The van der Waals surface area contributed by atoms with Crippen LogP contribution in [0.4, 0.5) is 0 Å². The van der Waals surface area contributed by atoms with E-state index in [1.54, 1.807) is 0 Å². The van der Waals surface area contributed by atoms with Gasteiger partial charge in [-0.3, -0.25) is 0 Å².